The molecule has 2 aromatic rings. The van der Waals surface area contributed by atoms with E-state index >= 15 is 0 Å². The first kappa shape index (κ1) is 18.2. The number of ether oxygens (including phenoxy) is 1. The van der Waals surface area contributed by atoms with E-state index in [-0.39, 0.29) is 10.5 Å². The lowest BCUT2D eigenvalue weighted by Crippen LogP contribution is -2.13. The third-order valence-electron chi connectivity index (χ3n) is 3.43. The molecule has 5 nitrogen and oxygen atoms in total. The summed E-state index contributed by atoms with van der Waals surface area (Å²) in [6.45, 7) is 2.98. The molecule has 2 aromatic carbocycles. The summed E-state index contributed by atoms with van der Waals surface area (Å²) in [5.41, 5.74) is 1.62. The van der Waals surface area contributed by atoms with Crippen molar-refractivity contribution in [3.63, 3.8) is 0 Å². The van der Waals surface area contributed by atoms with Gasteiger partial charge < -0.3 is 10.1 Å². The lowest BCUT2D eigenvalue weighted by molar-refractivity contribution is 0.198. The molecule has 2 N–H and O–H groups in total. The maximum Gasteiger partial charge on any atom is 0.261 e. The second-order valence-electron chi connectivity index (χ2n) is 5.37. The molecule has 0 fully saturated rings. The summed E-state index contributed by atoms with van der Waals surface area (Å²) in [7, 11) is -2.09. The summed E-state index contributed by atoms with van der Waals surface area (Å²) in [6.07, 6.45) is 0.884. The van der Waals surface area contributed by atoms with Crippen LogP contribution >= 0.6 is 0 Å². The highest BCUT2D eigenvalue weighted by Gasteiger charge is 2.15. The van der Waals surface area contributed by atoms with Crippen LogP contribution in [0.3, 0.4) is 0 Å². The van der Waals surface area contributed by atoms with Crippen molar-refractivity contribution in [2.24, 2.45) is 0 Å². The predicted molar refractivity (Wildman–Crippen MR) is 93.4 cm³/mol. The molecule has 0 radical (unpaired) electrons. The van der Waals surface area contributed by atoms with E-state index in [0.29, 0.717) is 12.3 Å². The number of hydrogen-bond acceptors (Lipinski definition) is 4. The first-order chi connectivity index (χ1) is 11.4. The summed E-state index contributed by atoms with van der Waals surface area (Å²) >= 11 is 0. The van der Waals surface area contributed by atoms with Crippen LogP contribution in [-0.4, -0.2) is 28.7 Å². The number of sulfonamides is 1. The maximum absolute atomic E-state index is 13.3. The molecule has 0 amide bonds. The zero-order valence-corrected chi connectivity index (χ0v) is 14.5. The summed E-state index contributed by atoms with van der Waals surface area (Å²) in [5, 5.41) is 3.22. The molecule has 7 heteroatoms. The minimum absolute atomic E-state index is 0.0307. The zero-order valence-electron chi connectivity index (χ0n) is 13.7. The van der Waals surface area contributed by atoms with Crippen LogP contribution in [0.5, 0.6) is 0 Å². The molecule has 0 aliphatic carbocycles. The Morgan fingerprint density at radius 3 is 2.38 bits per heavy atom. The van der Waals surface area contributed by atoms with E-state index < -0.39 is 15.8 Å². The Balaban J connectivity index is 2.03. The minimum atomic E-state index is -3.74. The van der Waals surface area contributed by atoms with Gasteiger partial charge >= 0.3 is 0 Å². The molecule has 0 aliphatic rings. The van der Waals surface area contributed by atoms with Crippen LogP contribution in [0, 0.1) is 12.7 Å². The predicted octanol–water partition coefficient (Wildman–Crippen LogP) is 3.38. The van der Waals surface area contributed by atoms with E-state index in [1.54, 1.807) is 31.4 Å². The number of anilines is 2. The minimum Gasteiger partial charge on any atom is -0.385 e. The Labute approximate surface area is 141 Å². The first-order valence-corrected chi connectivity index (χ1v) is 9.02. The fraction of sp³-hybridized carbons (Fsp3) is 0.294. The normalized spacial score (nSPS) is 11.3. The third-order valence-corrected chi connectivity index (χ3v) is 4.81. The van der Waals surface area contributed by atoms with Crippen molar-refractivity contribution in [3.05, 3.63) is 53.8 Å². The molecule has 0 spiro atoms. The summed E-state index contributed by atoms with van der Waals surface area (Å²) in [4.78, 5) is 0.0307. The monoisotopic (exact) mass is 352 g/mol. The van der Waals surface area contributed by atoms with Crippen LogP contribution < -0.4 is 10.0 Å². The fourth-order valence-electron chi connectivity index (χ4n) is 2.10. The van der Waals surface area contributed by atoms with Crippen molar-refractivity contribution in [1.29, 1.82) is 0 Å². The van der Waals surface area contributed by atoms with Gasteiger partial charge in [-0.3, -0.25) is 4.72 Å². The first-order valence-electron chi connectivity index (χ1n) is 7.54. The second kappa shape index (κ2) is 8.12. The highest BCUT2D eigenvalue weighted by atomic mass is 32.2. The van der Waals surface area contributed by atoms with Crippen LogP contribution in [0.4, 0.5) is 15.8 Å². The number of halogens is 1. The van der Waals surface area contributed by atoms with Crippen molar-refractivity contribution < 1.29 is 17.5 Å². The Morgan fingerprint density at radius 2 is 1.75 bits per heavy atom. The average molecular weight is 352 g/mol. The van der Waals surface area contributed by atoms with E-state index in [0.717, 1.165) is 24.7 Å². The molecular formula is C17H21FN2O3S. The van der Waals surface area contributed by atoms with Gasteiger partial charge in [-0.2, -0.15) is 0 Å². The highest BCUT2D eigenvalue weighted by molar-refractivity contribution is 7.92. The van der Waals surface area contributed by atoms with E-state index in [2.05, 4.69) is 10.0 Å². The SMILES string of the molecule is COCCCNc1ccc(NS(=O)(=O)c2ccc(F)c(C)c2)cc1. The fourth-order valence-corrected chi connectivity index (χ4v) is 3.25. The van der Waals surface area contributed by atoms with Gasteiger partial charge in [0, 0.05) is 31.6 Å². The summed E-state index contributed by atoms with van der Waals surface area (Å²) in [6, 6.07) is 10.6. The molecule has 0 heterocycles. The lowest BCUT2D eigenvalue weighted by atomic mass is 10.2. The van der Waals surface area contributed by atoms with Gasteiger partial charge in [-0.15, -0.1) is 0 Å². The van der Waals surface area contributed by atoms with Crippen LogP contribution in [0.25, 0.3) is 0 Å². The smallest absolute Gasteiger partial charge is 0.261 e. The third kappa shape index (κ3) is 4.94. The van der Waals surface area contributed by atoms with E-state index in [9.17, 15) is 12.8 Å². The van der Waals surface area contributed by atoms with Crippen LogP contribution in [0.15, 0.2) is 47.4 Å². The van der Waals surface area contributed by atoms with Gasteiger partial charge in [0.1, 0.15) is 5.82 Å². The van der Waals surface area contributed by atoms with Crippen molar-refractivity contribution in [3.8, 4) is 0 Å². The standard InChI is InChI=1S/C17H21FN2O3S/c1-13-12-16(8-9-17(13)18)24(21,22)20-15-6-4-14(5-7-15)19-10-3-11-23-2/h4-9,12,19-20H,3,10-11H2,1-2H3. The van der Waals surface area contributed by atoms with Crippen LogP contribution in [0.1, 0.15) is 12.0 Å². The van der Waals surface area contributed by atoms with E-state index in [1.165, 1.54) is 19.1 Å². The van der Waals surface area contributed by atoms with Crippen molar-refractivity contribution >= 4 is 21.4 Å². The quantitative estimate of drug-likeness (QED) is 0.715. The number of nitrogens with one attached hydrogen (secondary N) is 2. The highest BCUT2D eigenvalue weighted by Crippen LogP contribution is 2.20. The second-order valence-corrected chi connectivity index (χ2v) is 7.05. The molecule has 0 saturated carbocycles. The van der Waals surface area contributed by atoms with Gasteiger partial charge in [0.15, 0.2) is 0 Å². The zero-order chi connectivity index (χ0) is 17.6. The molecular weight excluding hydrogens is 331 g/mol. The molecule has 0 aliphatic heterocycles. The molecule has 24 heavy (non-hydrogen) atoms. The van der Waals surface area contributed by atoms with Gasteiger partial charge in [0.05, 0.1) is 4.90 Å². The Hall–Kier alpha value is -2.12. The van der Waals surface area contributed by atoms with E-state index in [4.69, 9.17) is 4.74 Å². The Kier molecular flexibility index (Phi) is 6.16. The van der Waals surface area contributed by atoms with Gasteiger partial charge in [-0.25, -0.2) is 12.8 Å². The van der Waals surface area contributed by atoms with Gasteiger partial charge in [0.2, 0.25) is 0 Å². The molecule has 0 bridgehead atoms. The van der Waals surface area contributed by atoms with Crippen LogP contribution in [-0.2, 0) is 14.8 Å². The number of hydrogen-bond donors (Lipinski definition) is 2. The molecule has 0 atom stereocenters. The maximum atomic E-state index is 13.3. The largest absolute Gasteiger partial charge is 0.385 e. The molecule has 0 aromatic heterocycles. The summed E-state index contributed by atoms with van der Waals surface area (Å²) in [5.74, 6) is -0.433. The molecule has 2 rings (SSSR count). The Morgan fingerprint density at radius 1 is 1.08 bits per heavy atom. The molecule has 130 valence electrons. The van der Waals surface area contributed by atoms with Gasteiger partial charge in [-0.1, -0.05) is 0 Å². The number of rotatable bonds is 8. The number of methoxy groups -OCH3 is 1. The Bertz CT molecular complexity index is 777. The summed E-state index contributed by atoms with van der Waals surface area (Å²) < 4.78 is 45.4. The van der Waals surface area contributed by atoms with Gasteiger partial charge in [-0.05, 0) is 61.4 Å². The average Bonchev–Trinajstić information content (AvgIpc) is 2.55. The van der Waals surface area contributed by atoms with Crippen molar-refractivity contribution in [2.75, 3.05) is 30.3 Å². The van der Waals surface area contributed by atoms with Crippen LogP contribution in [0.2, 0.25) is 0 Å². The topological polar surface area (TPSA) is 67.4 Å². The number of benzene rings is 2. The molecule has 0 unspecified atom stereocenters. The van der Waals surface area contributed by atoms with E-state index in [1.807, 2.05) is 0 Å². The lowest BCUT2D eigenvalue weighted by Gasteiger charge is -2.10. The van der Waals surface area contributed by atoms with Crippen molar-refractivity contribution in [2.45, 2.75) is 18.2 Å². The van der Waals surface area contributed by atoms with Gasteiger partial charge in [0.25, 0.3) is 10.0 Å². The molecule has 0 saturated heterocycles. The van der Waals surface area contributed by atoms with Crippen molar-refractivity contribution in [1.82, 2.24) is 0 Å². The number of aryl methyl sites for hydroxylation is 1.